The molecule has 0 radical (unpaired) electrons. The number of carbonyl (C=O) groups is 1. The summed E-state index contributed by atoms with van der Waals surface area (Å²) in [5, 5.41) is 3.30. The molecule has 0 aliphatic carbocycles. The molecular weight excluding hydrogens is 273 g/mol. The number of hydrogen-bond acceptors (Lipinski definition) is 4. The molecule has 0 fully saturated rings. The van der Waals surface area contributed by atoms with Crippen molar-refractivity contribution in [1.82, 2.24) is 5.32 Å². The van der Waals surface area contributed by atoms with E-state index in [9.17, 15) is 9.18 Å². The van der Waals surface area contributed by atoms with Crippen LogP contribution in [0.1, 0.15) is 47.8 Å². The summed E-state index contributed by atoms with van der Waals surface area (Å²) >= 11 is 0. The highest BCUT2D eigenvalue weighted by atomic mass is 19.1. The first-order chi connectivity index (χ1) is 10.0. The summed E-state index contributed by atoms with van der Waals surface area (Å²) in [5.74, 6) is 0.0182. The van der Waals surface area contributed by atoms with Gasteiger partial charge in [0.2, 0.25) is 5.76 Å². The van der Waals surface area contributed by atoms with Gasteiger partial charge in [0.25, 0.3) is 0 Å². The van der Waals surface area contributed by atoms with Crippen molar-refractivity contribution in [2.75, 3.05) is 7.11 Å². The van der Waals surface area contributed by atoms with E-state index in [1.54, 1.807) is 18.2 Å². The van der Waals surface area contributed by atoms with Crippen LogP contribution in [-0.2, 0) is 4.74 Å². The maximum Gasteiger partial charge on any atom is 0.373 e. The highest BCUT2D eigenvalue weighted by molar-refractivity contribution is 5.86. The highest BCUT2D eigenvalue weighted by Gasteiger charge is 2.17. The zero-order valence-electron chi connectivity index (χ0n) is 12.2. The topological polar surface area (TPSA) is 51.5 Å². The first-order valence-electron chi connectivity index (χ1n) is 6.71. The van der Waals surface area contributed by atoms with E-state index < -0.39 is 5.97 Å². The van der Waals surface area contributed by atoms with Crippen LogP contribution in [0.2, 0.25) is 0 Å². The van der Waals surface area contributed by atoms with E-state index in [0.29, 0.717) is 5.76 Å². The van der Waals surface area contributed by atoms with Crippen molar-refractivity contribution in [2.45, 2.75) is 25.9 Å². The Bertz CT molecular complexity index is 623. The molecule has 4 nitrogen and oxygen atoms in total. The van der Waals surface area contributed by atoms with E-state index in [2.05, 4.69) is 10.1 Å². The Labute approximate surface area is 122 Å². The van der Waals surface area contributed by atoms with Crippen LogP contribution in [0, 0.1) is 5.82 Å². The first-order valence-corrected chi connectivity index (χ1v) is 6.71. The fraction of sp³-hybridized carbons (Fsp3) is 0.312. The third kappa shape index (κ3) is 3.70. The molecule has 21 heavy (non-hydrogen) atoms. The molecule has 2 atom stereocenters. The number of benzene rings is 1. The van der Waals surface area contributed by atoms with Crippen LogP contribution in [0.3, 0.4) is 0 Å². The van der Waals surface area contributed by atoms with Gasteiger partial charge in [0.15, 0.2) is 0 Å². The van der Waals surface area contributed by atoms with Crippen LogP contribution in [0.4, 0.5) is 4.39 Å². The van der Waals surface area contributed by atoms with Gasteiger partial charge in [-0.1, -0.05) is 12.1 Å². The normalized spacial score (nSPS) is 13.7. The number of carbonyl (C=O) groups excluding carboxylic acids is 1. The molecule has 0 saturated heterocycles. The van der Waals surface area contributed by atoms with Gasteiger partial charge in [-0.3, -0.25) is 0 Å². The highest BCUT2D eigenvalue weighted by Crippen LogP contribution is 2.22. The van der Waals surface area contributed by atoms with E-state index in [1.165, 1.54) is 19.2 Å². The molecular formula is C16H18FNO3. The van der Waals surface area contributed by atoms with E-state index in [1.807, 2.05) is 19.9 Å². The molecule has 1 heterocycles. The number of halogens is 1. The zero-order chi connectivity index (χ0) is 15.4. The molecule has 0 aliphatic rings. The summed E-state index contributed by atoms with van der Waals surface area (Å²) in [7, 11) is 1.30. The van der Waals surface area contributed by atoms with Gasteiger partial charge in [-0.05, 0) is 43.7 Å². The molecule has 1 aromatic carbocycles. The summed E-state index contributed by atoms with van der Waals surface area (Å²) in [6, 6.07) is 9.56. The van der Waals surface area contributed by atoms with Gasteiger partial charge in [-0.25, -0.2) is 9.18 Å². The predicted molar refractivity (Wildman–Crippen MR) is 76.4 cm³/mol. The maximum absolute atomic E-state index is 13.2. The second-order valence-electron chi connectivity index (χ2n) is 4.86. The Kier molecular flexibility index (Phi) is 4.75. The van der Waals surface area contributed by atoms with Gasteiger partial charge < -0.3 is 14.5 Å². The summed E-state index contributed by atoms with van der Waals surface area (Å²) in [6.07, 6.45) is 0. The number of nitrogens with one attached hydrogen (secondary N) is 1. The lowest BCUT2D eigenvalue weighted by Gasteiger charge is -2.19. The predicted octanol–water partition coefficient (Wildman–Crippen LogP) is 3.62. The fourth-order valence-corrected chi connectivity index (χ4v) is 2.13. The summed E-state index contributed by atoms with van der Waals surface area (Å²) in [4.78, 5) is 11.4. The molecule has 0 saturated carbocycles. The van der Waals surface area contributed by atoms with Crippen LogP contribution >= 0.6 is 0 Å². The number of esters is 1. The van der Waals surface area contributed by atoms with Crippen molar-refractivity contribution in [3.8, 4) is 0 Å². The fourth-order valence-electron chi connectivity index (χ4n) is 2.13. The summed E-state index contributed by atoms with van der Waals surface area (Å²) < 4.78 is 23.3. The SMILES string of the molecule is COC(=O)c1ccc(C(C)N[C@H](C)c2cccc(F)c2)o1. The second-order valence-corrected chi connectivity index (χ2v) is 4.86. The van der Waals surface area contributed by atoms with Crippen LogP contribution in [0.25, 0.3) is 0 Å². The molecule has 0 amide bonds. The van der Waals surface area contributed by atoms with Gasteiger partial charge in [0.05, 0.1) is 13.2 Å². The number of furan rings is 1. The zero-order valence-corrected chi connectivity index (χ0v) is 12.2. The van der Waals surface area contributed by atoms with Gasteiger partial charge in [0, 0.05) is 6.04 Å². The van der Waals surface area contributed by atoms with Crippen LogP contribution in [0.5, 0.6) is 0 Å². The Morgan fingerprint density at radius 1 is 1.24 bits per heavy atom. The average molecular weight is 291 g/mol. The Hall–Kier alpha value is -2.14. The van der Waals surface area contributed by atoms with Crippen LogP contribution in [-0.4, -0.2) is 13.1 Å². The number of ether oxygens (including phenoxy) is 1. The first kappa shape index (κ1) is 15.3. The third-order valence-electron chi connectivity index (χ3n) is 3.29. The van der Waals surface area contributed by atoms with Crippen molar-refractivity contribution < 1.29 is 18.3 Å². The van der Waals surface area contributed by atoms with Gasteiger partial charge >= 0.3 is 5.97 Å². The lowest BCUT2D eigenvalue weighted by Crippen LogP contribution is -2.22. The minimum absolute atomic E-state index is 0.0534. The van der Waals surface area contributed by atoms with Crippen LogP contribution < -0.4 is 5.32 Å². The molecule has 1 unspecified atom stereocenters. The van der Waals surface area contributed by atoms with E-state index in [4.69, 9.17) is 4.42 Å². The molecule has 1 N–H and O–H groups in total. The average Bonchev–Trinajstić information content (AvgIpc) is 2.96. The molecule has 2 aromatic rings. The number of hydrogen-bond donors (Lipinski definition) is 1. The maximum atomic E-state index is 13.2. The van der Waals surface area contributed by atoms with Gasteiger partial charge in [0.1, 0.15) is 11.6 Å². The molecule has 5 heteroatoms. The molecule has 0 aliphatic heterocycles. The standard InChI is InChI=1S/C16H18FNO3/c1-10(12-5-4-6-13(17)9-12)18-11(2)14-7-8-15(21-14)16(19)20-3/h4-11,18H,1-3H3/t10-,11?/m1/s1. The smallest absolute Gasteiger partial charge is 0.373 e. The molecule has 1 aromatic heterocycles. The third-order valence-corrected chi connectivity index (χ3v) is 3.29. The molecule has 0 bridgehead atoms. The minimum atomic E-state index is -0.508. The molecule has 2 rings (SSSR count). The second kappa shape index (κ2) is 6.54. The van der Waals surface area contributed by atoms with Crippen molar-refractivity contribution in [3.63, 3.8) is 0 Å². The van der Waals surface area contributed by atoms with E-state index in [0.717, 1.165) is 5.56 Å². The molecule has 0 spiro atoms. The minimum Gasteiger partial charge on any atom is -0.463 e. The lowest BCUT2D eigenvalue weighted by molar-refractivity contribution is 0.0562. The summed E-state index contributed by atoms with van der Waals surface area (Å²) in [5.41, 5.74) is 0.849. The van der Waals surface area contributed by atoms with E-state index >= 15 is 0 Å². The monoisotopic (exact) mass is 291 g/mol. The lowest BCUT2D eigenvalue weighted by atomic mass is 10.1. The van der Waals surface area contributed by atoms with Gasteiger partial charge in [-0.15, -0.1) is 0 Å². The molecule has 112 valence electrons. The quantitative estimate of drug-likeness (QED) is 0.855. The number of methoxy groups -OCH3 is 1. The largest absolute Gasteiger partial charge is 0.463 e. The van der Waals surface area contributed by atoms with Gasteiger partial charge in [-0.2, -0.15) is 0 Å². The Balaban J connectivity index is 2.05. The van der Waals surface area contributed by atoms with E-state index in [-0.39, 0.29) is 23.7 Å². The Morgan fingerprint density at radius 2 is 2.00 bits per heavy atom. The van der Waals surface area contributed by atoms with Crippen molar-refractivity contribution in [1.29, 1.82) is 0 Å². The van der Waals surface area contributed by atoms with Crippen LogP contribution in [0.15, 0.2) is 40.8 Å². The van der Waals surface area contributed by atoms with Crippen molar-refractivity contribution >= 4 is 5.97 Å². The summed E-state index contributed by atoms with van der Waals surface area (Å²) in [6.45, 7) is 3.85. The number of rotatable bonds is 5. The van der Waals surface area contributed by atoms with Crippen molar-refractivity contribution in [2.24, 2.45) is 0 Å². The Morgan fingerprint density at radius 3 is 2.67 bits per heavy atom. The van der Waals surface area contributed by atoms with Crippen molar-refractivity contribution in [3.05, 3.63) is 59.3 Å².